The monoisotopic (exact) mass is 305 g/mol. The number of nitrogens with zero attached hydrogens (tertiary/aromatic N) is 1. The molecule has 0 bridgehead atoms. The highest BCUT2D eigenvalue weighted by Gasteiger charge is 2.38. The Labute approximate surface area is 125 Å². The van der Waals surface area contributed by atoms with Gasteiger partial charge in [0.1, 0.15) is 0 Å². The molecule has 0 spiro atoms. The first-order valence-electron chi connectivity index (χ1n) is 6.81. The van der Waals surface area contributed by atoms with E-state index in [2.05, 4.69) is 6.58 Å². The molecule has 0 N–H and O–H groups in total. The Morgan fingerprint density at radius 2 is 1.90 bits per heavy atom. The van der Waals surface area contributed by atoms with Gasteiger partial charge in [0, 0.05) is 6.04 Å². The molecular formula is C16H19NO3S. The van der Waals surface area contributed by atoms with Crippen molar-refractivity contribution in [3.05, 3.63) is 54.6 Å². The van der Waals surface area contributed by atoms with Gasteiger partial charge >= 0.3 is 0 Å². The molecule has 1 heterocycles. The van der Waals surface area contributed by atoms with E-state index in [-0.39, 0.29) is 16.7 Å². The molecule has 2 atom stereocenters. The van der Waals surface area contributed by atoms with Crippen molar-refractivity contribution in [1.82, 2.24) is 4.31 Å². The molecule has 0 aliphatic carbocycles. The first-order valence-corrected chi connectivity index (χ1v) is 8.25. The van der Waals surface area contributed by atoms with Gasteiger partial charge in [0.2, 0.25) is 10.0 Å². The van der Waals surface area contributed by atoms with Crippen molar-refractivity contribution in [2.24, 2.45) is 0 Å². The van der Waals surface area contributed by atoms with Gasteiger partial charge in [0.15, 0.2) is 5.78 Å². The SMILES string of the molecule is C=CC[C@@H]1C=CC(=O)[C@H](C)N1S(=O)(=O)c1ccc(C)cc1. The van der Waals surface area contributed by atoms with Gasteiger partial charge in [-0.25, -0.2) is 8.42 Å². The second-order valence-corrected chi connectivity index (χ2v) is 7.02. The number of ketones is 1. The molecule has 21 heavy (non-hydrogen) atoms. The number of hydrogen-bond donors (Lipinski definition) is 0. The first kappa shape index (κ1) is 15.7. The molecule has 4 nitrogen and oxygen atoms in total. The molecule has 1 aliphatic rings. The third kappa shape index (κ3) is 2.99. The maximum absolute atomic E-state index is 12.8. The molecule has 0 saturated carbocycles. The smallest absolute Gasteiger partial charge is 0.244 e. The molecule has 1 aromatic rings. The summed E-state index contributed by atoms with van der Waals surface area (Å²) in [6.45, 7) is 7.17. The van der Waals surface area contributed by atoms with E-state index >= 15 is 0 Å². The summed E-state index contributed by atoms with van der Waals surface area (Å²) in [7, 11) is -3.72. The Morgan fingerprint density at radius 3 is 2.48 bits per heavy atom. The Bertz CT molecular complexity index is 674. The largest absolute Gasteiger partial charge is 0.293 e. The third-order valence-electron chi connectivity index (χ3n) is 3.61. The Hall–Kier alpha value is -1.72. The van der Waals surface area contributed by atoms with Crippen molar-refractivity contribution >= 4 is 15.8 Å². The fraction of sp³-hybridized carbons (Fsp3) is 0.312. The highest BCUT2D eigenvalue weighted by atomic mass is 32.2. The average molecular weight is 305 g/mol. The Balaban J connectivity index is 2.48. The van der Waals surface area contributed by atoms with E-state index in [1.54, 1.807) is 43.3 Å². The summed E-state index contributed by atoms with van der Waals surface area (Å²) >= 11 is 0. The molecular weight excluding hydrogens is 286 g/mol. The van der Waals surface area contributed by atoms with Crippen LogP contribution in [0.15, 0.2) is 54.0 Å². The van der Waals surface area contributed by atoms with Crippen molar-refractivity contribution in [3.8, 4) is 0 Å². The fourth-order valence-electron chi connectivity index (χ4n) is 2.41. The lowest BCUT2D eigenvalue weighted by Gasteiger charge is -2.35. The number of sulfonamides is 1. The van der Waals surface area contributed by atoms with E-state index in [4.69, 9.17) is 0 Å². The molecule has 0 fully saturated rings. The van der Waals surface area contributed by atoms with E-state index < -0.39 is 16.1 Å². The summed E-state index contributed by atoms with van der Waals surface area (Å²) in [4.78, 5) is 12.1. The van der Waals surface area contributed by atoms with Gasteiger partial charge in [-0.1, -0.05) is 29.8 Å². The summed E-state index contributed by atoms with van der Waals surface area (Å²) in [6.07, 6.45) is 5.23. The molecule has 1 aliphatic heterocycles. The van der Waals surface area contributed by atoms with Crippen molar-refractivity contribution in [3.63, 3.8) is 0 Å². The molecule has 0 radical (unpaired) electrons. The minimum absolute atomic E-state index is 0.203. The lowest BCUT2D eigenvalue weighted by atomic mass is 10.0. The molecule has 5 heteroatoms. The molecule has 0 aromatic heterocycles. The van der Waals surface area contributed by atoms with Crippen LogP contribution in [0.3, 0.4) is 0 Å². The normalized spacial score (nSPS) is 23.2. The average Bonchev–Trinajstić information content (AvgIpc) is 2.43. The quantitative estimate of drug-likeness (QED) is 0.803. The zero-order valence-corrected chi connectivity index (χ0v) is 13.0. The van der Waals surface area contributed by atoms with Gasteiger partial charge in [-0.3, -0.25) is 4.79 Å². The van der Waals surface area contributed by atoms with E-state index in [1.165, 1.54) is 10.4 Å². The van der Waals surface area contributed by atoms with Crippen LogP contribution in [0.5, 0.6) is 0 Å². The van der Waals surface area contributed by atoms with Gasteiger partial charge in [-0.2, -0.15) is 4.31 Å². The molecule has 0 saturated heterocycles. The van der Waals surface area contributed by atoms with Crippen LogP contribution in [0, 0.1) is 6.92 Å². The molecule has 2 rings (SSSR count). The van der Waals surface area contributed by atoms with Crippen LogP contribution in [-0.2, 0) is 14.8 Å². The van der Waals surface area contributed by atoms with Crippen LogP contribution in [0.1, 0.15) is 18.9 Å². The zero-order valence-electron chi connectivity index (χ0n) is 12.2. The minimum atomic E-state index is -3.72. The number of carbonyl (C=O) groups excluding carboxylic acids is 1. The van der Waals surface area contributed by atoms with Crippen LogP contribution >= 0.6 is 0 Å². The van der Waals surface area contributed by atoms with Crippen LogP contribution < -0.4 is 0 Å². The predicted molar refractivity (Wildman–Crippen MR) is 82.4 cm³/mol. The van der Waals surface area contributed by atoms with Gasteiger partial charge < -0.3 is 0 Å². The summed E-state index contributed by atoms with van der Waals surface area (Å²) in [5.41, 5.74) is 0.985. The highest BCUT2D eigenvalue weighted by molar-refractivity contribution is 7.89. The van der Waals surface area contributed by atoms with E-state index in [0.717, 1.165) is 5.56 Å². The van der Waals surface area contributed by atoms with Gasteiger partial charge in [-0.15, -0.1) is 6.58 Å². The topological polar surface area (TPSA) is 54.5 Å². The van der Waals surface area contributed by atoms with Crippen LogP contribution in [0.2, 0.25) is 0 Å². The number of hydrogen-bond acceptors (Lipinski definition) is 3. The van der Waals surface area contributed by atoms with Crippen molar-refractivity contribution in [2.45, 2.75) is 37.2 Å². The lowest BCUT2D eigenvalue weighted by Crippen LogP contribution is -2.50. The summed E-state index contributed by atoms with van der Waals surface area (Å²) in [5.74, 6) is -0.203. The van der Waals surface area contributed by atoms with E-state index in [9.17, 15) is 13.2 Å². The van der Waals surface area contributed by atoms with Crippen molar-refractivity contribution < 1.29 is 13.2 Å². The predicted octanol–water partition coefficient (Wildman–Crippen LogP) is 2.46. The summed E-state index contributed by atoms with van der Waals surface area (Å²) in [5, 5.41) is 0. The number of carbonyl (C=O) groups is 1. The molecule has 0 unspecified atom stereocenters. The molecule has 1 aromatic carbocycles. The van der Waals surface area contributed by atoms with Gasteiger partial charge in [-0.05, 0) is 38.5 Å². The summed E-state index contributed by atoms with van der Waals surface area (Å²) in [6, 6.07) is 5.58. The number of aryl methyl sites for hydroxylation is 1. The fourth-order valence-corrected chi connectivity index (χ4v) is 4.17. The minimum Gasteiger partial charge on any atom is -0.293 e. The Morgan fingerprint density at radius 1 is 1.29 bits per heavy atom. The Kier molecular flexibility index (Phi) is 4.44. The van der Waals surface area contributed by atoms with Gasteiger partial charge in [0.05, 0.1) is 10.9 Å². The summed E-state index contributed by atoms with van der Waals surface area (Å²) < 4.78 is 27.0. The third-order valence-corrected chi connectivity index (χ3v) is 5.62. The van der Waals surface area contributed by atoms with Gasteiger partial charge in [0.25, 0.3) is 0 Å². The second kappa shape index (κ2) is 5.95. The maximum Gasteiger partial charge on any atom is 0.244 e. The lowest BCUT2D eigenvalue weighted by molar-refractivity contribution is -0.118. The zero-order chi connectivity index (χ0) is 15.6. The number of rotatable bonds is 4. The van der Waals surface area contributed by atoms with Crippen LogP contribution in [0.4, 0.5) is 0 Å². The van der Waals surface area contributed by atoms with E-state index in [0.29, 0.717) is 6.42 Å². The molecule has 112 valence electrons. The van der Waals surface area contributed by atoms with Crippen LogP contribution in [-0.4, -0.2) is 30.6 Å². The first-order chi connectivity index (χ1) is 9.87. The highest BCUT2D eigenvalue weighted by Crippen LogP contribution is 2.26. The van der Waals surface area contributed by atoms with Crippen molar-refractivity contribution in [1.29, 1.82) is 0 Å². The standard InChI is InChI=1S/C16H19NO3S/c1-4-5-14-8-11-16(18)13(3)17(14)21(19,20)15-9-6-12(2)7-10-15/h4,6-11,13-14H,1,5H2,2-3H3/t13-,14+/m0/s1. The van der Waals surface area contributed by atoms with Crippen molar-refractivity contribution in [2.75, 3.05) is 0 Å². The van der Waals surface area contributed by atoms with Crippen LogP contribution in [0.25, 0.3) is 0 Å². The van der Waals surface area contributed by atoms with E-state index in [1.807, 2.05) is 6.92 Å². The second-order valence-electron chi connectivity index (χ2n) is 5.18. The molecule has 0 amide bonds. The number of benzene rings is 1. The maximum atomic E-state index is 12.8.